The fourth-order valence-electron chi connectivity index (χ4n) is 2.55. The molecule has 0 atom stereocenters. The highest BCUT2D eigenvalue weighted by molar-refractivity contribution is 9.11. The average Bonchev–Trinajstić information content (AvgIpc) is 2.80. The Morgan fingerprint density at radius 3 is 2.86 bits per heavy atom. The number of esters is 1. The van der Waals surface area contributed by atoms with Gasteiger partial charge in [0, 0.05) is 6.54 Å². The van der Waals surface area contributed by atoms with Crippen molar-refractivity contribution in [3.63, 3.8) is 0 Å². The first-order valence-electron chi connectivity index (χ1n) is 6.67. The minimum absolute atomic E-state index is 0.273. The number of anilines is 1. The molecule has 1 amide bonds. The molecule has 1 aliphatic heterocycles. The van der Waals surface area contributed by atoms with Gasteiger partial charge in [-0.2, -0.15) is 0 Å². The van der Waals surface area contributed by atoms with Gasteiger partial charge in [0.15, 0.2) is 5.75 Å². The maximum Gasteiger partial charge on any atom is 0.331 e. The molecule has 0 saturated heterocycles. The van der Waals surface area contributed by atoms with Crippen LogP contribution in [0.3, 0.4) is 0 Å². The molecule has 3 rings (SSSR count). The van der Waals surface area contributed by atoms with Crippen LogP contribution in [0.1, 0.15) is 28.9 Å². The minimum Gasteiger partial charge on any atom is -0.487 e. The molecule has 0 spiro atoms. The van der Waals surface area contributed by atoms with Gasteiger partial charge in [-0.1, -0.05) is 0 Å². The summed E-state index contributed by atoms with van der Waals surface area (Å²) in [6.07, 6.45) is 2.14. The summed E-state index contributed by atoms with van der Waals surface area (Å²) >= 11 is 4.70. The van der Waals surface area contributed by atoms with Crippen molar-refractivity contribution < 1.29 is 19.1 Å². The van der Waals surface area contributed by atoms with Gasteiger partial charge in [0.25, 0.3) is 5.91 Å². The molecule has 2 N–H and O–H groups in total. The Kier molecular flexibility index (Phi) is 3.83. The van der Waals surface area contributed by atoms with Gasteiger partial charge < -0.3 is 20.1 Å². The highest BCUT2D eigenvalue weighted by atomic mass is 79.9. The zero-order valence-electron chi connectivity index (χ0n) is 11.5. The van der Waals surface area contributed by atoms with E-state index in [2.05, 4.69) is 26.6 Å². The number of nitrogens with one attached hydrogen (secondary N) is 2. The fraction of sp³-hybridized carbons (Fsp3) is 0.538. The number of ether oxygens (including phenoxy) is 2. The van der Waals surface area contributed by atoms with Crippen LogP contribution in [0.15, 0.2) is 3.79 Å². The topological polar surface area (TPSA) is 76.7 Å². The predicted molar refractivity (Wildman–Crippen MR) is 82.1 cm³/mol. The quantitative estimate of drug-likeness (QED) is 0.792. The lowest BCUT2D eigenvalue weighted by Gasteiger charge is -2.39. The molecular weight excluding hydrogens is 360 g/mol. The van der Waals surface area contributed by atoms with Crippen LogP contribution in [0, 0.1) is 0 Å². The van der Waals surface area contributed by atoms with Gasteiger partial charge in [0.05, 0.1) is 7.11 Å². The Labute approximate surface area is 134 Å². The number of hydrogen-bond acceptors (Lipinski definition) is 6. The number of hydrogen-bond donors (Lipinski definition) is 2. The van der Waals surface area contributed by atoms with E-state index in [9.17, 15) is 9.59 Å². The van der Waals surface area contributed by atoms with E-state index in [0.29, 0.717) is 42.3 Å². The Morgan fingerprint density at radius 2 is 2.24 bits per heavy atom. The Morgan fingerprint density at radius 1 is 1.48 bits per heavy atom. The van der Waals surface area contributed by atoms with Crippen LogP contribution in [0.2, 0.25) is 0 Å². The number of carbonyl (C=O) groups is 2. The zero-order chi connectivity index (χ0) is 15.0. The van der Waals surface area contributed by atoms with Gasteiger partial charge in [-0.25, -0.2) is 4.79 Å². The molecule has 6 nitrogen and oxygen atoms in total. The van der Waals surface area contributed by atoms with Crippen molar-refractivity contribution >= 4 is 44.8 Å². The van der Waals surface area contributed by atoms with Gasteiger partial charge >= 0.3 is 5.97 Å². The van der Waals surface area contributed by atoms with Gasteiger partial charge in [-0.05, 0) is 35.2 Å². The molecule has 2 heterocycles. The molecule has 1 fully saturated rings. The van der Waals surface area contributed by atoms with Crippen molar-refractivity contribution in [1.82, 2.24) is 5.32 Å². The Hall–Kier alpha value is -1.28. The number of rotatable bonds is 3. The van der Waals surface area contributed by atoms with E-state index in [4.69, 9.17) is 9.47 Å². The van der Waals surface area contributed by atoms with Crippen molar-refractivity contribution in [1.29, 1.82) is 0 Å². The average molecular weight is 375 g/mol. The second-order valence-corrected chi connectivity index (χ2v) is 7.40. The molecule has 1 aromatic rings. The molecule has 0 aromatic carbocycles. The molecule has 0 radical (unpaired) electrons. The van der Waals surface area contributed by atoms with E-state index in [-0.39, 0.29) is 11.9 Å². The SMILES string of the molecule is COC(=O)C1(NC(=O)c2sc(Br)c3c2NCCO3)CCC1. The van der Waals surface area contributed by atoms with E-state index >= 15 is 0 Å². The fourth-order valence-corrected chi connectivity index (χ4v) is 4.19. The van der Waals surface area contributed by atoms with E-state index in [1.807, 2.05) is 0 Å². The first-order chi connectivity index (χ1) is 10.1. The first-order valence-corrected chi connectivity index (χ1v) is 8.28. The second kappa shape index (κ2) is 5.49. The number of halogens is 1. The Balaban J connectivity index is 1.84. The molecule has 0 bridgehead atoms. The number of fused-ring (bicyclic) bond motifs is 1. The normalized spacial score (nSPS) is 18.6. The molecule has 21 heavy (non-hydrogen) atoms. The molecule has 2 aliphatic rings. The number of methoxy groups -OCH3 is 1. The van der Waals surface area contributed by atoms with Gasteiger partial charge in [0.1, 0.15) is 26.5 Å². The largest absolute Gasteiger partial charge is 0.487 e. The van der Waals surface area contributed by atoms with Crippen LogP contribution in [0.25, 0.3) is 0 Å². The third-order valence-corrected chi connectivity index (χ3v) is 5.62. The lowest BCUT2D eigenvalue weighted by atomic mass is 9.76. The minimum atomic E-state index is -0.870. The number of thiophene rings is 1. The van der Waals surface area contributed by atoms with Gasteiger partial charge in [-0.15, -0.1) is 11.3 Å². The molecule has 1 aromatic heterocycles. The van der Waals surface area contributed by atoms with E-state index in [0.717, 1.165) is 10.2 Å². The summed E-state index contributed by atoms with van der Waals surface area (Å²) in [7, 11) is 1.34. The van der Waals surface area contributed by atoms with E-state index < -0.39 is 5.54 Å². The molecule has 114 valence electrons. The van der Waals surface area contributed by atoms with E-state index in [1.165, 1.54) is 18.4 Å². The molecular formula is C13H15BrN2O4S. The smallest absolute Gasteiger partial charge is 0.331 e. The highest BCUT2D eigenvalue weighted by Gasteiger charge is 2.47. The van der Waals surface area contributed by atoms with Crippen molar-refractivity contribution in [3.8, 4) is 5.75 Å². The summed E-state index contributed by atoms with van der Waals surface area (Å²) in [5.74, 6) is 0.0120. The summed E-state index contributed by atoms with van der Waals surface area (Å²) in [6.45, 7) is 1.22. The van der Waals surface area contributed by atoms with Crippen molar-refractivity contribution in [3.05, 3.63) is 8.66 Å². The van der Waals surface area contributed by atoms with E-state index in [1.54, 1.807) is 0 Å². The van der Waals surface area contributed by atoms with Crippen LogP contribution in [0.4, 0.5) is 5.69 Å². The van der Waals surface area contributed by atoms with Crippen LogP contribution >= 0.6 is 27.3 Å². The van der Waals surface area contributed by atoms with Crippen LogP contribution in [-0.2, 0) is 9.53 Å². The van der Waals surface area contributed by atoms with Crippen molar-refractivity contribution in [2.75, 3.05) is 25.6 Å². The standard InChI is InChI=1S/C13H15BrN2O4S/c1-19-12(18)13(3-2-4-13)16-11(17)9-7-8(10(14)21-9)20-6-5-15-7/h15H,2-6H2,1H3,(H,16,17). The third-order valence-electron chi connectivity index (χ3n) is 3.82. The summed E-state index contributed by atoms with van der Waals surface area (Å²) in [5, 5.41) is 6.02. The summed E-state index contributed by atoms with van der Waals surface area (Å²) in [4.78, 5) is 24.9. The molecule has 0 unspecified atom stereocenters. The monoisotopic (exact) mass is 374 g/mol. The number of amides is 1. The predicted octanol–water partition coefficient (Wildman–Crippen LogP) is 2.14. The van der Waals surface area contributed by atoms with Crippen molar-refractivity contribution in [2.45, 2.75) is 24.8 Å². The molecule has 8 heteroatoms. The third kappa shape index (κ3) is 2.40. The maximum absolute atomic E-state index is 12.5. The molecule has 1 aliphatic carbocycles. The van der Waals surface area contributed by atoms with Gasteiger partial charge in [0.2, 0.25) is 0 Å². The molecule has 1 saturated carbocycles. The first kappa shape index (κ1) is 14.6. The summed E-state index contributed by atoms with van der Waals surface area (Å²) < 4.78 is 11.1. The van der Waals surface area contributed by atoms with Gasteiger partial charge in [-0.3, -0.25) is 4.79 Å². The van der Waals surface area contributed by atoms with Crippen molar-refractivity contribution in [2.24, 2.45) is 0 Å². The van der Waals surface area contributed by atoms with Crippen LogP contribution in [0.5, 0.6) is 5.75 Å². The zero-order valence-corrected chi connectivity index (χ0v) is 13.9. The second-order valence-electron chi connectivity index (χ2n) is 5.07. The van der Waals surface area contributed by atoms with Crippen LogP contribution in [-0.4, -0.2) is 37.7 Å². The van der Waals surface area contributed by atoms with Crippen LogP contribution < -0.4 is 15.4 Å². The number of carbonyl (C=O) groups excluding carboxylic acids is 2. The maximum atomic E-state index is 12.5. The summed E-state index contributed by atoms with van der Waals surface area (Å²) in [5.41, 5.74) is -0.181. The highest BCUT2D eigenvalue weighted by Crippen LogP contribution is 2.45. The lowest BCUT2D eigenvalue weighted by Crippen LogP contribution is -2.59. The Bertz CT molecular complexity index is 597. The lowest BCUT2D eigenvalue weighted by molar-refractivity contribution is -0.152. The summed E-state index contributed by atoms with van der Waals surface area (Å²) in [6, 6.07) is 0.